The maximum absolute atomic E-state index is 10.8. The zero-order valence-electron chi connectivity index (χ0n) is 7.58. The minimum Gasteiger partial charge on any atom is -0.468 e. The monoisotopic (exact) mass is 171 g/mol. The normalized spacial score (nSPS) is 12.2. The van der Waals surface area contributed by atoms with Gasteiger partial charge in [-0.25, -0.2) is 0 Å². The predicted octanol–water partition coefficient (Wildman–Crippen LogP) is 1.23. The molecule has 0 aliphatic rings. The number of hydrogen-bond donors (Lipinski definition) is 1. The average molecular weight is 171 g/mol. The zero-order valence-corrected chi connectivity index (χ0v) is 7.58. The molecule has 2 N–H and O–H groups in total. The van der Waals surface area contributed by atoms with E-state index in [0.29, 0.717) is 6.42 Å². The third kappa shape index (κ3) is 4.91. The van der Waals surface area contributed by atoms with Crippen LogP contribution in [0.25, 0.3) is 0 Å². The van der Waals surface area contributed by atoms with E-state index >= 15 is 0 Å². The van der Waals surface area contributed by atoms with Crippen LogP contribution < -0.4 is 5.73 Å². The molecule has 0 saturated carbocycles. The fraction of sp³-hybridized carbons (Fsp3) is 0.667. The lowest BCUT2D eigenvalue weighted by Crippen LogP contribution is -2.31. The number of esters is 1. The summed E-state index contributed by atoms with van der Waals surface area (Å²) in [5.41, 5.74) is 5.51. The SMILES string of the molecule is C=CCCCCC(N)C(=O)OC. The highest BCUT2D eigenvalue weighted by molar-refractivity contribution is 5.75. The number of nitrogens with two attached hydrogens (primary N) is 1. The van der Waals surface area contributed by atoms with E-state index in [9.17, 15) is 4.79 Å². The molecule has 70 valence electrons. The summed E-state index contributed by atoms with van der Waals surface area (Å²) in [5, 5.41) is 0. The first-order chi connectivity index (χ1) is 5.72. The Morgan fingerprint density at radius 1 is 1.67 bits per heavy atom. The van der Waals surface area contributed by atoms with Crippen molar-refractivity contribution in [3.05, 3.63) is 12.7 Å². The summed E-state index contributed by atoms with van der Waals surface area (Å²) in [7, 11) is 1.35. The van der Waals surface area contributed by atoms with Crippen molar-refractivity contribution in [2.45, 2.75) is 31.7 Å². The van der Waals surface area contributed by atoms with Crippen LogP contribution in [0.3, 0.4) is 0 Å². The Bertz CT molecular complexity index is 145. The van der Waals surface area contributed by atoms with Gasteiger partial charge in [0, 0.05) is 0 Å². The quantitative estimate of drug-likeness (QED) is 0.371. The van der Waals surface area contributed by atoms with Crippen LogP contribution in [0.1, 0.15) is 25.7 Å². The predicted molar refractivity (Wildman–Crippen MR) is 48.7 cm³/mol. The number of carbonyl (C=O) groups excluding carboxylic acids is 1. The molecule has 0 radical (unpaired) electrons. The molecule has 0 aromatic heterocycles. The molecule has 3 nitrogen and oxygen atoms in total. The Labute approximate surface area is 73.6 Å². The van der Waals surface area contributed by atoms with Gasteiger partial charge in [0.2, 0.25) is 0 Å². The first-order valence-electron chi connectivity index (χ1n) is 4.16. The van der Waals surface area contributed by atoms with E-state index in [0.717, 1.165) is 19.3 Å². The van der Waals surface area contributed by atoms with Crippen molar-refractivity contribution in [3.8, 4) is 0 Å². The minimum atomic E-state index is -0.459. The Kier molecular flexibility index (Phi) is 6.38. The first kappa shape index (κ1) is 11.2. The van der Waals surface area contributed by atoms with Crippen molar-refractivity contribution < 1.29 is 9.53 Å². The van der Waals surface area contributed by atoms with E-state index < -0.39 is 6.04 Å². The van der Waals surface area contributed by atoms with Crippen LogP contribution in [0.15, 0.2) is 12.7 Å². The molecule has 3 heteroatoms. The molecule has 0 aliphatic heterocycles. The number of unbranched alkanes of at least 4 members (excludes halogenated alkanes) is 2. The molecule has 1 unspecified atom stereocenters. The molecule has 1 atom stereocenters. The Balaban J connectivity index is 3.36. The number of ether oxygens (including phenoxy) is 1. The lowest BCUT2D eigenvalue weighted by Gasteiger charge is -2.07. The molecule has 0 fully saturated rings. The number of rotatable bonds is 6. The van der Waals surface area contributed by atoms with Gasteiger partial charge in [-0.2, -0.15) is 0 Å². The van der Waals surface area contributed by atoms with Crippen LogP contribution >= 0.6 is 0 Å². The molecule has 0 heterocycles. The molecule has 0 aromatic carbocycles. The van der Waals surface area contributed by atoms with Gasteiger partial charge in [0.25, 0.3) is 0 Å². The maximum Gasteiger partial charge on any atom is 0.322 e. The van der Waals surface area contributed by atoms with Gasteiger partial charge in [-0.3, -0.25) is 4.79 Å². The molecule has 0 aromatic rings. The molecule has 12 heavy (non-hydrogen) atoms. The van der Waals surface area contributed by atoms with Crippen molar-refractivity contribution >= 4 is 5.97 Å². The van der Waals surface area contributed by atoms with Gasteiger partial charge in [-0.1, -0.05) is 12.5 Å². The van der Waals surface area contributed by atoms with Crippen molar-refractivity contribution in [1.29, 1.82) is 0 Å². The third-order valence-corrected chi connectivity index (χ3v) is 1.68. The summed E-state index contributed by atoms with van der Waals surface area (Å²) in [5.74, 6) is -0.325. The summed E-state index contributed by atoms with van der Waals surface area (Å²) in [6, 6.07) is -0.459. The maximum atomic E-state index is 10.8. The first-order valence-corrected chi connectivity index (χ1v) is 4.16. The second kappa shape index (κ2) is 6.85. The summed E-state index contributed by atoms with van der Waals surface area (Å²) in [4.78, 5) is 10.8. The highest BCUT2D eigenvalue weighted by Crippen LogP contribution is 2.03. The van der Waals surface area contributed by atoms with Gasteiger partial charge in [0.1, 0.15) is 6.04 Å². The average Bonchev–Trinajstić information content (AvgIpc) is 2.10. The molecule has 0 bridgehead atoms. The van der Waals surface area contributed by atoms with Crippen LogP contribution in [0.2, 0.25) is 0 Å². The van der Waals surface area contributed by atoms with Gasteiger partial charge >= 0.3 is 5.97 Å². The number of allylic oxidation sites excluding steroid dienone is 1. The second-order valence-corrected chi connectivity index (χ2v) is 2.70. The van der Waals surface area contributed by atoms with E-state index in [1.807, 2.05) is 6.08 Å². The van der Waals surface area contributed by atoms with Gasteiger partial charge in [-0.05, 0) is 19.3 Å². The number of methoxy groups -OCH3 is 1. The van der Waals surface area contributed by atoms with Gasteiger partial charge in [-0.15, -0.1) is 6.58 Å². The van der Waals surface area contributed by atoms with Gasteiger partial charge in [0.15, 0.2) is 0 Å². The Hall–Kier alpha value is -0.830. The van der Waals surface area contributed by atoms with E-state index in [1.165, 1.54) is 7.11 Å². The number of carbonyl (C=O) groups is 1. The highest BCUT2D eigenvalue weighted by Gasteiger charge is 2.11. The molecular formula is C9H17NO2. The Morgan fingerprint density at radius 2 is 2.33 bits per heavy atom. The molecule has 0 rings (SSSR count). The van der Waals surface area contributed by atoms with E-state index in [4.69, 9.17) is 5.73 Å². The standard InChI is InChI=1S/C9H17NO2/c1-3-4-5-6-7-8(10)9(11)12-2/h3,8H,1,4-7,10H2,2H3. The topological polar surface area (TPSA) is 52.3 Å². The van der Waals surface area contributed by atoms with Crippen LogP contribution in [0.5, 0.6) is 0 Å². The zero-order chi connectivity index (χ0) is 9.40. The van der Waals surface area contributed by atoms with Crippen molar-refractivity contribution in [2.24, 2.45) is 5.73 Å². The lowest BCUT2D eigenvalue weighted by molar-refractivity contribution is -0.142. The van der Waals surface area contributed by atoms with Crippen LogP contribution in [0, 0.1) is 0 Å². The van der Waals surface area contributed by atoms with Gasteiger partial charge < -0.3 is 10.5 Å². The van der Waals surface area contributed by atoms with Crippen molar-refractivity contribution in [2.75, 3.05) is 7.11 Å². The highest BCUT2D eigenvalue weighted by atomic mass is 16.5. The molecular weight excluding hydrogens is 154 g/mol. The number of hydrogen-bond acceptors (Lipinski definition) is 3. The molecule has 0 amide bonds. The fourth-order valence-corrected chi connectivity index (χ4v) is 0.922. The van der Waals surface area contributed by atoms with Crippen LogP contribution in [-0.4, -0.2) is 19.1 Å². The second-order valence-electron chi connectivity index (χ2n) is 2.70. The molecule has 0 saturated heterocycles. The van der Waals surface area contributed by atoms with Gasteiger partial charge in [0.05, 0.1) is 7.11 Å². The van der Waals surface area contributed by atoms with E-state index in [-0.39, 0.29) is 5.97 Å². The summed E-state index contributed by atoms with van der Waals surface area (Å²) in [6.07, 6.45) is 5.52. The summed E-state index contributed by atoms with van der Waals surface area (Å²) in [6.45, 7) is 3.61. The Morgan fingerprint density at radius 3 is 2.83 bits per heavy atom. The minimum absolute atomic E-state index is 0.325. The summed E-state index contributed by atoms with van der Waals surface area (Å²) >= 11 is 0. The van der Waals surface area contributed by atoms with Crippen LogP contribution in [-0.2, 0) is 9.53 Å². The molecule has 0 aliphatic carbocycles. The third-order valence-electron chi connectivity index (χ3n) is 1.68. The van der Waals surface area contributed by atoms with Crippen molar-refractivity contribution in [1.82, 2.24) is 0 Å². The lowest BCUT2D eigenvalue weighted by atomic mass is 10.1. The molecule has 0 spiro atoms. The van der Waals surface area contributed by atoms with E-state index in [1.54, 1.807) is 0 Å². The smallest absolute Gasteiger partial charge is 0.322 e. The van der Waals surface area contributed by atoms with Crippen LogP contribution in [0.4, 0.5) is 0 Å². The summed E-state index contributed by atoms with van der Waals surface area (Å²) < 4.78 is 4.48. The van der Waals surface area contributed by atoms with Crippen molar-refractivity contribution in [3.63, 3.8) is 0 Å². The largest absolute Gasteiger partial charge is 0.468 e. The fourth-order valence-electron chi connectivity index (χ4n) is 0.922. The van der Waals surface area contributed by atoms with E-state index in [2.05, 4.69) is 11.3 Å².